The van der Waals surface area contributed by atoms with Crippen LogP contribution in [0.2, 0.25) is 0 Å². The first-order valence-electron chi connectivity index (χ1n) is 13.8. The largest absolute Gasteiger partial charge is 0.416 e. The van der Waals surface area contributed by atoms with Gasteiger partial charge in [0.05, 0.1) is 29.2 Å². The first kappa shape index (κ1) is 30.8. The minimum atomic E-state index is -4.64. The second kappa shape index (κ2) is 11.6. The third-order valence-electron chi connectivity index (χ3n) is 8.95. The van der Waals surface area contributed by atoms with Crippen LogP contribution >= 0.6 is 0 Å². The molecule has 0 spiro atoms. The van der Waals surface area contributed by atoms with Gasteiger partial charge in [-0.25, -0.2) is 4.79 Å². The summed E-state index contributed by atoms with van der Waals surface area (Å²) in [4.78, 5) is 30.9. The van der Waals surface area contributed by atoms with E-state index in [1.165, 1.54) is 7.05 Å². The van der Waals surface area contributed by atoms with Crippen LogP contribution in [0.3, 0.4) is 0 Å². The second-order valence-corrected chi connectivity index (χ2v) is 11.2. The highest BCUT2D eigenvalue weighted by atomic mass is 19.4. The zero-order valence-electron chi connectivity index (χ0n) is 23.5. The Balaban J connectivity index is 2.10. The number of halogens is 3. The zero-order chi connectivity index (χ0) is 30.2. The number of rotatable bonds is 8. The molecule has 2 heterocycles. The molecule has 0 aliphatic carbocycles. The number of carbonyl (C=O) groups is 2. The number of urea groups is 1. The van der Waals surface area contributed by atoms with Crippen LogP contribution in [0.5, 0.6) is 0 Å². The molecule has 2 saturated heterocycles. The van der Waals surface area contributed by atoms with Crippen LogP contribution in [0, 0.1) is 19.3 Å². The summed E-state index contributed by atoms with van der Waals surface area (Å²) in [5.41, 5.74) is -1.63. The second-order valence-electron chi connectivity index (χ2n) is 11.2. The van der Waals surface area contributed by atoms with E-state index in [1.54, 1.807) is 41.0 Å². The predicted octanol–water partition coefficient (Wildman–Crippen LogP) is 3.30. The third kappa shape index (κ3) is 5.08. The standard InChI is InChI=1S/C30H38F3N3O5/c1-19-14-21(16-22(15-19)30(31,32)33)24(18-39)29(23-7-5-4-6-20(23)2)25-17-28(8-12-37,9-13-38)26(40)35(25)10-11-36(29)27(41)34-3/h4-7,14-16,24-25,37-39H,8-13,17-18H2,1-3H3,(H,34,41)/t24-,25?,29?/m0/s1. The molecule has 224 valence electrons. The number of aliphatic hydroxyl groups excluding tert-OH is 3. The number of piperazine rings is 1. The summed E-state index contributed by atoms with van der Waals surface area (Å²) in [5.74, 6) is -1.35. The maximum absolute atomic E-state index is 14.1. The fourth-order valence-corrected chi connectivity index (χ4v) is 7.24. The molecule has 0 radical (unpaired) electrons. The molecule has 2 aliphatic rings. The molecule has 0 bridgehead atoms. The van der Waals surface area contributed by atoms with Crippen molar-refractivity contribution in [2.24, 2.45) is 5.41 Å². The summed E-state index contributed by atoms with van der Waals surface area (Å²) in [6.07, 6.45) is -4.36. The molecule has 0 aromatic heterocycles. The number of aryl methyl sites for hydroxylation is 2. The van der Waals surface area contributed by atoms with Crippen LogP contribution in [0.25, 0.3) is 0 Å². The summed E-state index contributed by atoms with van der Waals surface area (Å²) in [5, 5.41) is 33.6. The molecule has 2 fully saturated rings. The fraction of sp³-hybridized carbons (Fsp3) is 0.533. The molecule has 3 amide bonds. The van der Waals surface area contributed by atoms with Gasteiger partial charge in [-0.1, -0.05) is 35.9 Å². The molecule has 2 aliphatic heterocycles. The number of fused-ring (bicyclic) bond motifs is 1. The van der Waals surface area contributed by atoms with Crippen molar-refractivity contribution in [2.45, 2.75) is 56.8 Å². The normalized spacial score (nSPS) is 23.0. The van der Waals surface area contributed by atoms with Crippen molar-refractivity contribution in [3.8, 4) is 0 Å². The van der Waals surface area contributed by atoms with Gasteiger partial charge in [-0.15, -0.1) is 0 Å². The Morgan fingerprint density at radius 1 is 1.07 bits per heavy atom. The lowest BCUT2D eigenvalue weighted by Gasteiger charge is -2.58. The number of alkyl halides is 3. The van der Waals surface area contributed by atoms with Crippen LogP contribution in [0.4, 0.5) is 18.0 Å². The lowest BCUT2D eigenvalue weighted by Crippen LogP contribution is -2.70. The Kier molecular flexibility index (Phi) is 8.73. The van der Waals surface area contributed by atoms with Crippen LogP contribution in [-0.4, -0.2) is 83.1 Å². The molecule has 8 nitrogen and oxygen atoms in total. The van der Waals surface area contributed by atoms with E-state index in [4.69, 9.17) is 0 Å². The van der Waals surface area contributed by atoms with Crippen molar-refractivity contribution < 1.29 is 38.1 Å². The van der Waals surface area contributed by atoms with Gasteiger partial charge in [-0.05, 0) is 61.9 Å². The van der Waals surface area contributed by atoms with Crippen LogP contribution < -0.4 is 5.32 Å². The molecule has 4 rings (SSSR count). The maximum atomic E-state index is 14.1. The highest BCUT2D eigenvalue weighted by molar-refractivity contribution is 5.87. The Labute approximate surface area is 237 Å². The fourth-order valence-electron chi connectivity index (χ4n) is 7.24. The summed E-state index contributed by atoms with van der Waals surface area (Å²) < 4.78 is 42.0. The van der Waals surface area contributed by atoms with Gasteiger partial charge in [-0.2, -0.15) is 13.2 Å². The van der Waals surface area contributed by atoms with Crippen molar-refractivity contribution in [1.82, 2.24) is 15.1 Å². The van der Waals surface area contributed by atoms with Gasteiger partial charge in [0.2, 0.25) is 5.91 Å². The molecule has 3 atom stereocenters. The zero-order valence-corrected chi connectivity index (χ0v) is 23.5. The van der Waals surface area contributed by atoms with Gasteiger partial charge in [0.1, 0.15) is 0 Å². The van der Waals surface area contributed by atoms with E-state index >= 15 is 0 Å². The SMILES string of the molecule is CNC(=O)N1CCN2C(=O)C(CCO)(CCO)CC2C1(c1ccccc1C)[C@@H](CO)c1cc(C)cc(C(F)(F)F)c1. The third-order valence-corrected chi connectivity index (χ3v) is 8.95. The maximum Gasteiger partial charge on any atom is 0.416 e. The molecule has 2 aromatic rings. The number of amides is 3. The smallest absolute Gasteiger partial charge is 0.396 e. The van der Waals surface area contributed by atoms with E-state index in [2.05, 4.69) is 5.32 Å². The predicted molar refractivity (Wildman–Crippen MR) is 146 cm³/mol. The molecule has 4 N–H and O–H groups in total. The monoisotopic (exact) mass is 577 g/mol. The summed E-state index contributed by atoms with van der Waals surface area (Å²) in [7, 11) is 1.46. The molecular formula is C30H38F3N3O5. The summed E-state index contributed by atoms with van der Waals surface area (Å²) >= 11 is 0. The summed E-state index contributed by atoms with van der Waals surface area (Å²) in [6.45, 7) is 2.35. The van der Waals surface area contributed by atoms with Gasteiger partial charge >= 0.3 is 12.2 Å². The molecular weight excluding hydrogens is 539 g/mol. The first-order valence-corrected chi connectivity index (χ1v) is 13.8. The van der Waals surface area contributed by atoms with Gasteiger partial charge < -0.3 is 30.4 Å². The van der Waals surface area contributed by atoms with E-state index < -0.39 is 47.3 Å². The molecule has 0 saturated carbocycles. The number of hydrogen-bond acceptors (Lipinski definition) is 5. The first-order chi connectivity index (χ1) is 19.4. The van der Waals surface area contributed by atoms with E-state index in [0.717, 1.165) is 17.7 Å². The number of benzene rings is 2. The summed E-state index contributed by atoms with van der Waals surface area (Å²) in [6, 6.07) is 9.56. The van der Waals surface area contributed by atoms with E-state index in [9.17, 15) is 38.1 Å². The van der Waals surface area contributed by atoms with Crippen LogP contribution in [0.15, 0.2) is 42.5 Å². The molecule has 2 aromatic carbocycles. The van der Waals surface area contributed by atoms with E-state index in [1.807, 2.05) is 13.0 Å². The van der Waals surface area contributed by atoms with Crippen molar-refractivity contribution in [3.63, 3.8) is 0 Å². The average Bonchev–Trinajstić information content (AvgIpc) is 3.20. The Morgan fingerprint density at radius 3 is 2.29 bits per heavy atom. The lowest BCUT2D eigenvalue weighted by atomic mass is 9.64. The quantitative estimate of drug-likeness (QED) is 0.385. The van der Waals surface area contributed by atoms with E-state index in [-0.39, 0.29) is 57.0 Å². The van der Waals surface area contributed by atoms with Crippen molar-refractivity contribution in [3.05, 3.63) is 70.3 Å². The number of aliphatic hydroxyl groups is 3. The van der Waals surface area contributed by atoms with E-state index in [0.29, 0.717) is 11.1 Å². The minimum absolute atomic E-state index is 0.0546. The van der Waals surface area contributed by atoms with Crippen LogP contribution in [0.1, 0.15) is 53.0 Å². The molecule has 41 heavy (non-hydrogen) atoms. The van der Waals surface area contributed by atoms with Crippen molar-refractivity contribution in [2.75, 3.05) is 40.0 Å². The Morgan fingerprint density at radius 2 is 1.73 bits per heavy atom. The highest BCUT2D eigenvalue weighted by Crippen LogP contribution is 2.57. The number of carbonyl (C=O) groups excluding carboxylic acids is 2. The lowest BCUT2D eigenvalue weighted by molar-refractivity contribution is -0.143. The number of nitrogens with one attached hydrogen (secondary N) is 1. The van der Waals surface area contributed by atoms with Crippen LogP contribution in [-0.2, 0) is 16.5 Å². The molecule has 11 heteroatoms. The van der Waals surface area contributed by atoms with Gasteiger partial charge in [0, 0.05) is 39.3 Å². The number of nitrogens with zero attached hydrogens (tertiary/aromatic N) is 2. The van der Waals surface area contributed by atoms with Crippen molar-refractivity contribution >= 4 is 11.9 Å². The highest BCUT2D eigenvalue weighted by Gasteiger charge is 2.65. The van der Waals surface area contributed by atoms with Gasteiger partial charge in [-0.3, -0.25) is 4.79 Å². The average molecular weight is 578 g/mol. The number of hydrogen-bond donors (Lipinski definition) is 4. The van der Waals surface area contributed by atoms with Gasteiger partial charge in [0.15, 0.2) is 0 Å². The Hall–Kier alpha value is -3.15. The van der Waals surface area contributed by atoms with Gasteiger partial charge in [0.25, 0.3) is 0 Å². The molecule has 2 unspecified atom stereocenters. The topological polar surface area (TPSA) is 113 Å². The minimum Gasteiger partial charge on any atom is -0.396 e. The Bertz CT molecular complexity index is 1280. The van der Waals surface area contributed by atoms with Crippen molar-refractivity contribution in [1.29, 1.82) is 0 Å².